The zero-order chi connectivity index (χ0) is 19.9. The molecule has 0 aliphatic rings. The highest BCUT2D eigenvalue weighted by molar-refractivity contribution is 7.80. The molecule has 3 rings (SSSR count). The van der Waals surface area contributed by atoms with Gasteiger partial charge < -0.3 is 21.3 Å². The number of pyridine rings is 1. The molecule has 0 saturated carbocycles. The molecule has 3 aromatic rings. The van der Waals surface area contributed by atoms with Crippen molar-refractivity contribution in [3.63, 3.8) is 0 Å². The molecule has 0 bridgehead atoms. The summed E-state index contributed by atoms with van der Waals surface area (Å²) in [5.41, 5.74) is 3.68. The van der Waals surface area contributed by atoms with Gasteiger partial charge in [0.25, 0.3) is 0 Å². The zero-order valence-electron chi connectivity index (χ0n) is 16.5. The molecule has 5 nitrogen and oxygen atoms in total. The molecule has 4 N–H and O–H groups in total. The second-order valence-corrected chi connectivity index (χ2v) is 7.38. The molecule has 8 heteroatoms. The lowest BCUT2D eigenvalue weighted by Crippen LogP contribution is -2.28. The Balaban J connectivity index is 0.00000300. The molecule has 29 heavy (non-hydrogen) atoms. The van der Waals surface area contributed by atoms with Crippen LogP contribution in [-0.4, -0.2) is 28.3 Å². The number of benzene rings is 2. The fourth-order valence-electron chi connectivity index (χ4n) is 2.81. The Morgan fingerprint density at radius 1 is 0.759 bits per heavy atom. The number of halogens is 1. The lowest BCUT2D eigenvalue weighted by Gasteiger charge is -2.12. The summed E-state index contributed by atoms with van der Waals surface area (Å²) >= 11 is 10.6. The first-order chi connectivity index (χ1) is 13.6. The molecule has 0 amide bonds. The summed E-state index contributed by atoms with van der Waals surface area (Å²) in [5.74, 6) is 0. The molecule has 0 aliphatic heterocycles. The van der Waals surface area contributed by atoms with Crippen molar-refractivity contribution in [2.24, 2.45) is 0 Å². The molecule has 154 valence electrons. The predicted octanol–water partition coefficient (Wildman–Crippen LogP) is 5.20. The molecule has 0 radical (unpaired) electrons. The minimum Gasteiger partial charge on any atom is -0.362 e. The first-order valence-electron chi connectivity index (χ1n) is 9.53. The summed E-state index contributed by atoms with van der Waals surface area (Å²) in [7, 11) is 0. The van der Waals surface area contributed by atoms with E-state index in [2.05, 4.69) is 53.3 Å². The van der Waals surface area contributed by atoms with Gasteiger partial charge in [-0.25, -0.2) is 4.98 Å². The van der Waals surface area contributed by atoms with E-state index in [0.29, 0.717) is 10.2 Å². The van der Waals surface area contributed by atoms with Crippen molar-refractivity contribution in [3.05, 3.63) is 42.5 Å². The maximum absolute atomic E-state index is 5.32. The molecule has 0 aliphatic carbocycles. The minimum atomic E-state index is 0. The van der Waals surface area contributed by atoms with E-state index in [1.54, 1.807) is 0 Å². The molecule has 1 aromatic heterocycles. The maximum Gasteiger partial charge on any atom is 0.170 e. The van der Waals surface area contributed by atoms with E-state index >= 15 is 0 Å². The van der Waals surface area contributed by atoms with Crippen molar-refractivity contribution < 1.29 is 0 Å². The van der Waals surface area contributed by atoms with Crippen LogP contribution in [0.25, 0.3) is 21.8 Å². The highest BCUT2D eigenvalue weighted by Gasteiger charge is 2.05. The van der Waals surface area contributed by atoms with E-state index in [-0.39, 0.29) is 12.4 Å². The van der Waals surface area contributed by atoms with Crippen molar-refractivity contribution in [1.29, 1.82) is 0 Å². The lowest BCUT2D eigenvalue weighted by molar-refractivity contribution is 0.846. The standard InChI is InChI=1S/C21H25N5S2.ClH/c1-3-9-22-20(27)24-16-7-5-14-11-15-6-8-17(25-21(28)23-10-4-2)13-19(15)26-18(14)12-16;/h5-8,11-13H,3-4,9-10H2,1-2H3,(H2,22,24,27)(H2,23,25,28);1H. The molecule has 2 aromatic carbocycles. The number of nitrogens with zero attached hydrogens (tertiary/aromatic N) is 1. The van der Waals surface area contributed by atoms with Crippen LogP contribution in [0.3, 0.4) is 0 Å². The highest BCUT2D eigenvalue weighted by atomic mass is 35.5. The number of fused-ring (bicyclic) bond motifs is 2. The molecule has 0 unspecified atom stereocenters. The van der Waals surface area contributed by atoms with Gasteiger partial charge in [0.2, 0.25) is 0 Å². The van der Waals surface area contributed by atoms with Gasteiger partial charge in [0.1, 0.15) is 0 Å². The highest BCUT2D eigenvalue weighted by Crippen LogP contribution is 2.24. The van der Waals surface area contributed by atoms with Crippen LogP contribution in [0.2, 0.25) is 0 Å². The van der Waals surface area contributed by atoms with Gasteiger partial charge >= 0.3 is 0 Å². The molecular weight excluding hydrogens is 422 g/mol. The van der Waals surface area contributed by atoms with Crippen LogP contribution in [0.4, 0.5) is 11.4 Å². The molecule has 1 heterocycles. The fraction of sp³-hybridized carbons (Fsp3) is 0.286. The van der Waals surface area contributed by atoms with Crippen LogP contribution in [0.1, 0.15) is 26.7 Å². The van der Waals surface area contributed by atoms with Crippen molar-refractivity contribution in [2.45, 2.75) is 26.7 Å². The first kappa shape index (κ1) is 23.1. The van der Waals surface area contributed by atoms with Gasteiger partial charge in [-0.15, -0.1) is 12.4 Å². The van der Waals surface area contributed by atoms with Crippen LogP contribution in [0.15, 0.2) is 42.5 Å². The van der Waals surface area contributed by atoms with Crippen LogP contribution in [0, 0.1) is 0 Å². The first-order valence-corrected chi connectivity index (χ1v) is 10.3. The van der Waals surface area contributed by atoms with Crippen molar-refractivity contribution in [3.8, 4) is 0 Å². The number of thiocarbonyl (C=S) groups is 2. The summed E-state index contributed by atoms with van der Waals surface area (Å²) in [6.45, 7) is 5.92. The Hall–Kier alpha value is -2.22. The number of aromatic nitrogens is 1. The van der Waals surface area contributed by atoms with Crippen LogP contribution < -0.4 is 21.3 Å². The van der Waals surface area contributed by atoms with E-state index < -0.39 is 0 Å². The van der Waals surface area contributed by atoms with Crippen LogP contribution in [-0.2, 0) is 0 Å². The molecule has 0 spiro atoms. The number of rotatable bonds is 6. The SMILES string of the molecule is CCCNC(=S)Nc1ccc2cc3ccc(NC(=S)NCCC)cc3nc2c1.Cl. The summed E-state index contributed by atoms with van der Waals surface area (Å²) < 4.78 is 0. The number of hydrogen-bond donors (Lipinski definition) is 4. The largest absolute Gasteiger partial charge is 0.362 e. The van der Waals surface area contributed by atoms with Crippen molar-refractivity contribution in [1.82, 2.24) is 15.6 Å². The van der Waals surface area contributed by atoms with Gasteiger partial charge in [0.15, 0.2) is 10.2 Å². The third-order valence-corrected chi connectivity index (χ3v) is 4.69. The van der Waals surface area contributed by atoms with Gasteiger partial charge in [-0.3, -0.25) is 0 Å². The Morgan fingerprint density at radius 3 is 1.62 bits per heavy atom. The molecule has 0 saturated heterocycles. The zero-order valence-corrected chi connectivity index (χ0v) is 19.0. The predicted molar refractivity (Wildman–Crippen MR) is 136 cm³/mol. The second kappa shape index (κ2) is 11.1. The van der Waals surface area contributed by atoms with E-state index in [1.807, 2.05) is 24.3 Å². The Morgan fingerprint density at radius 2 is 1.21 bits per heavy atom. The van der Waals surface area contributed by atoms with Gasteiger partial charge in [0.05, 0.1) is 11.0 Å². The van der Waals surface area contributed by atoms with Gasteiger partial charge in [0, 0.05) is 35.2 Å². The monoisotopic (exact) mass is 447 g/mol. The summed E-state index contributed by atoms with van der Waals surface area (Å²) in [5, 5.41) is 16.2. The van der Waals surface area contributed by atoms with Crippen LogP contribution in [0.5, 0.6) is 0 Å². The van der Waals surface area contributed by atoms with Crippen molar-refractivity contribution in [2.75, 3.05) is 23.7 Å². The quantitative estimate of drug-likeness (QED) is 0.306. The van der Waals surface area contributed by atoms with Crippen LogP contribution >= 0.6 is 36.8 Å². The molecular formula is C21H26ClN5S2. The van der Waals surface area contributed by atoms with E-state index in [9.17, 15) is 0 Å². The van der Waals surface area contributed by atoms with E-state index in [0.717, 1.165) is 59.1 Å². The second-order valence-electron chi connectivity index (χ2n) is 6.57. The Bertz CT molecular complexity index is 932. The molecule has 0 atom stereocenters. The maximum atomic E-state index is 5.32. The number of nitrogens with one attached hydrogen (secondary N) is 4. The topological polar surface area (TPSA) is 61.0 Å². The lowest BCUT2D eigenvalue weighted by atomic mass is 10.1. The normalized spacial score (nSPS) is 10.3. The Labute approximate surface area is 188 Å². The average molecular weight is 448 g/mol. The summed E-state index contributed by atoms with van der Waals surface area (Å²) in [6, 6.07) is 14.3. The fourth-order valence-corrected chi connectivity index (χ4v) is 3.25. The average Bonchev–Trinajstić information content (AvgIpc) is 2.69. The van der Waals surface area contributed by atoms with Crippen molar-refractivity contribution >= 4 is 80.2 Å². The third-order valence-electron chi connectivity index (χ3n) is 4.20. The van der Waals surface area contributed by atoms with Gasteiger partial charge in [-0.05, 0) is 67.6 Å². The summed E-state index contributed by atoms with van der Waals surface area (Å²) in [6.07, 6.45) is 2.06. The third kappa shape index (κ3) is 6.39. The number of hydrogen-bond acceptors (Lipinski definition) is 3. The van der Waals surface area contributed by atoms with Gasteiger partial charge in [-0.2, -0.15) is 0 Å². The van der Waals surface area contributed by atoms with Gasteiger partial charge in [-0.1, -0.05) is 26.0 Å². The van der Waals surface area contributed by atoms with E-state index in [1.165, 1.54) is 0 Å². The smallest absolute Gasteiger partial charge is 0.170 e. The minimum absolute atomic E-state index is 0. The Kier molecular flexibility index (Phi) is 8.82. The van der Waals surface area contributed by atoms with E-state index in [4.69, 9.17) is 29.4 Å². The number of anilines is 2. The molecule has 0 fully saturated rings. The summed E-state index contributed by atoms with van der Waals surface area (Å²) in [4.78, 5) is 4.83.